The molecule has 1 aliphatic rings. The lowest BCUT2D eigenvalue weighted by molar-refractivity contribution is 0.0827. The van der Waals surface area contributed by atoms with Crippen LogP contribution < -0.4 is 10.0 Å². The fraction of sp³-hybridized carbons (Fsp3) is 0.300. The third-order valence-electron chi connectivity index (χ3n) is 4.46. The minimum absolute atomic E-state index is 0.00743. The zero-order chi connectivity index (χ0) is 20.5. The molecule has 0 aromatic heterocycles. The highest BCUT2D eigenvalue weighted by Gasteiger charge is 2.28. The van der Waals surface area contributed by atoms with Crippen LogP contribution in [0.15, 0.2) is 47.4 Å². The Labute approximate surface area is 164 Å². The van der Waals surface area contributed by atoms with Crippen molar-refractivity contribution in [1.29, 1.82) is 0 Å². The number of hydrogen-bond donors (Lipinski definition) is 2. The second-order valence-electron chi connectivity index (χ2n) is 7.10. The summed E-state index contributed by atoms with van der Waals surface area (Å²) in [4.78, 5) is 26.1. The molecule has 0 bridgehead atoms. The van der Waals surface area contributed by atoms with Gasteiger partial charge in [-0.2, -0.15) is 0 Å². The normalized spacial score (nSPS) is 13.8. The molecule has 1 aliphatic carbocycles. The number of anilines is 1. The van der Waals surface area contributed by atoms with E-state index >= 15 is 0 Å². The van der Waals surface area contributed by atoms with Crippen LogP contribution in [0.3, 0.4) is 0 Å². The van der Waals surface area contributed by atoms with E-state index in [2.05, 4.69) is 10.0 Å². The molecular formula is C20H23N3O4S. The van der Waals surface area contributed by atoms with Gasteiger partial charge < -0.3 is 10.2 Å². The molecule has 8 heteroatoms. The summed E-state index contributed by atoms with van der Waals surface area (Å²) in [5.74, 6) is -0.539. The smallest absolute Gasteiger partial charge is 0.255 e. The molecule has 2 amide bonds. The summed E-state index contributed by atoms with van der Waals surface area (Å²) in [5.41, 5.74) is 1.98. The monoisotopic (exact) mass is 401 g/mol. The van der Waals surface area contributed by atoms with Crippen molar-refractivity contribution in [1.82, 2.24) is 9.62 Å². The van der Waals surface area contributed by atoms with Crippen molar-refractivity contribution in [2.75, 3.05) is 19.4 Å². The number of nitrogens with zero attached hydrogens (tertiary/aromatic N) is 1. The van der Waals surface area contributed by atoms with Crippen molar-refractivity contribution < 1.29 is 18.0 Å². The number of rotatable bonds is 6. The maximum atomic E-state index is 12.7. The predicted octanol–water partition coefficient (Wildman–Crippen LogP) is 2.39. The number of nitrogens with one attached hydrogen (secondary N) is 2. The van der Waals surface area contributed by atoms with Gasteiger partial charge in [-0.3, -0.25) is 9.59 Å². The minimum Gasteiger partial charge on any atom is -0.345 e. The highest BCUT2D eigenvalue weighted by atomic mass is 32.2. The van der Waals surface area contributed by atoms with Crippen LogP contribution in [0, 0.1) is 6.92 Å². The fourth-order valence-electron chi connectivity index (χ4n) is 2.65. The van der Waals surface area contributed by atoms with Gasteiger partial charge >= 0.3 is 0 Å². The lowest BCUT2D eigenvalue weighted by atomic mass is 10.1. The van der Waals surface area contributed by atoms with Gasteiger partial charge in [-0.15, -0.1) is 0 Å². The first kappa shape index (κ1) is 20.0. The third-order valence-corrected chi connectivity index (χ3v) is 5.98. The number of carbonyl (C=O) groups is 2. The molecule has 148 valence electrons. The summed E-state index contributed by atoms with van der Waals surface area (Å²) < 4.78 is 27.4. The second kappa shape index (κ2) is 7.73. The van der Waals surface area contributed by atoms with Crippen LogP contribution in [0.25, 0.3) is 0 Å². The number of sulfonamides is 1. The van der Waals surface area contributed by atoms with Gasteiger partial charge in [0.25, 0.3) is 11.8 Å². The van der Waals surface area contributed by atoms with E-state index in [1.807, 2.05) is 0 Å². The molecule has 1 fully saturated rings. The quantitative estimate of drug-likeness (QED) is 0.777. The van der Waals surface area contributed by atoms with Crippen LogP contribution in [0.1, 0.15) is 39.1 Å². The van der Waals surface area contributed by atoms with Gasteiger partial charge in [0.2, 0.25) is 10.0 Å². The molecule has 1 saturated carbocycles. The molecule has 0 heterocycles. The van der Waals surface area contributed by atoms with Crippen LogP contribution in [0.4, 0.5) is 5.69 Å². The summed E-state index contributed by atoms with van der Waals surface area (Å²) in [6.07, 6.45) is 1.68. The average Bonchev–Trinajstić information content (AvgIpc) is 3.45. The van der Waals surface area contributed by atoms with Gasteiger partial charge in [-0.25, -0.2) is 13.1 Å². The SMILES string of the molecule is Cc1ccc(S(=O)(=O)NC2CC2)cc1C(=O)Nc1ccc(C(=O)N(C)C)cc1. The molecule has 0 unspecified atom stereocenters. The third kappa shape index (κ3) is 4.58. The molecule has 0 radical (unpaired) electrons. The predicted molar refractivity (Wildman–Crippen MR) is 107 cm³/mol. The lowest BCUT2D eigenvalue weighted by Gasteiger charge is -2.12. The number of hydrogen-bond acceptors (Lipinski definition) is 4. The van der Waals surface area contributed by atoms with Crippen LogP contribution in [-0.2, 0) is 10.0 Å². The van der Waals surface area contributed by atoms with E-state index in [-0.39, 0.29) is 22.4 Å². The van der Waals surface area contributed by atoms with Crippen molar-refractivity contribution in [2.45, 2.75) is 30.7 Å². The Morgan fingerprint density at radius 1 is 1.04 bits per heavy atom. The summed E-state index contributed by atoms with van der Waals surface area (Å²) in [6.45, 7) is 1.75. The fourth-order valence-corrected chi connectivity index (χ4v) is 3.99. The molecular weight excluding hydrogens is 378 g/mol. The first-order valence-electron chi connectivity index (χ1n) is 8.93. The largest absolute Gasteiger partial charge is 0.345 e. The van der Waals surface area contributed by atoms with Crippen LogP contribution in [0.5, 0.6) is 0 Å². The number of carbonyl (C=O) groups excluding carboxylic acids is 2. The molecule has 2 N–H and O–H groups in total. The molecule has 0 spiro atoms. The van der Waals surface area contributed by atoms with Crippen molar-refractivity contribution in [3.8, 4) is 0 Å². The van der Waals surface area contributed by atoms with E-state index in [0.29, 0.717) is 16.8 Å². The summed E-state index contributed by atoms with van der Waals surface area (Å²) in [7, 11) is -0.305. The van der Waals surface area contributed by atoms with Crippen molar-refractivity contribution >= 4 is 27.5 Å². The number of benzene rings is 2. The Bertz CT molecular complexity index is 1010. The zero-order valence-corrected chi connectivity index (χ0v) is 16.8. The topological polar surface area (TPSA) is 95.6 Å². The van der Waals surface area contributed by atoms with E-state index in [1.54, 1.807) is 51.4 Å². The Kier molecular flexibility index (Phi) is 5.53. The number of aryl methyl sites for hydroxylation is 1. The Hall–Kier alpha value is -2.71. The first-order chi connectivity index (χ1) is 13.2. The van der Waals surface area contributed by atoms with Gasteiger partial charge in [0.15, 0.2) is 0 Å². The molecule has 0 atom stereocenters. The van der Waals surface area contributed by atoms with Crippen molar-refractivity contribution in [3.63, 3.8) is 0 Å². The average molecular weight is 401 g/mol. The first-order valence-corrected chi connectivity index (χ1v) is 10.4. The molecule has 3 rings (SSSR count). The second-order valence-corrected chi connectivity index (χ2v) is 8.82. The van der Waals surface area contributed by atoms with Gasteiger partial charge in [-0.05, 0) is 61.7 Å². The summed E-state index contributed by atoms with van der Waals surface area (Å²) in [6, 6.07) is 11.0. The molecule has 0 saturated heterocycles. The number of amides is 2. The van der Waals surface area contributed by atoms with Gasteiger partial charge in [0.1, 0.15) is 0 Å². The van der Waals surface area contributed by atoms with E-state index in [9.17, 15) is 18.0 Å². The summed E-state index contributed by atoms with van der Waals surface area (Å²) in [5, 5.41) is 2.75. The highest BCUT2D eigenvalue weighted by Crippen LogP contribution is 2.23. The van der Waals surface area contributed by atoms with Gasteiger partial charge in [0, 0.05) is 37.0 Å². The van der Waals surface area contributed by atoms with Crippen molar-refractivity contribution in [3.05, 3.63) is 59.2 Å². The van der Waals surface area contributed by atoms with Crippen LogP contribution >= 0.6 is 0 Å². The standard InChI is InChI=1S/C20H23N3O4S/c1-13-4-11-17(28(26,27)22-16-9-10-16)12-18(13)19(24)21-15-7-5-14(6-8-15)20(25)23(2)3/h4-8,11-12,16,22H,9-10H2,1-3H3,(H,21,24). The van der Waals surface area contributed by atoms with Gasteiger partial charge in [-0.1, -0.05) is 6.07 Å². The minimum atomic E-state index is -3.64. The van der Waals surface area contributed by atoms with E-state index in [0.717, 1.165) is 12.8 Å². The zero-order valence-electron chi connectivity index (χ0n) is 16.0. The van der Waals surface area contributed by atoms with Crippen LogP contribution in [0.2, 0.25) is 0 Å². The van der Waals surface area contributed by atoms with Crippen molar-refractivity contribution in [2.24, 2.45) is 0 Å². The highest BCUT2D eigenvalue weighted by molar-refractivity contribution is 7.89. The Morgan fingerprint density at radius 2 is 1.68 bits per heavy atom. The Balaban J connectivity index is 1.78. The Morgan fingerprint density at radius 3 is 2.25 bits per heavy atom. The molecule has 2 aromatic rings. The van der Waals surface area contributed by atoms with Crippen LogP contribution in [-0.4, -0.2) is 45.3 Å². The molecule has 28 heavy (non-hydrogen) atoms. The maximum Gasteiger partial charge on any atom is 0.255 e. The maximum absolute atomic E-state index is 12.7. The molecule has 2 aromatic carbocycles. The van der Waals surface area contributed by atoms with E-state index in [4.69, 9.17) is 0 Å². The van der Waals surface area contributed by atoms with E-state index < -0.39 is 15.9 Å². The lowest BCUT2D eigenvalue weighted by Crippen LogP contribution is -2.26. The van der Waals surface area contributed by atoms with Gasteiger partial charge in [0.05, 0.1) is 4.90 Å². The molecule has 0 aliphatic heterocycles. The molecule has 7 nitrogen and oxygen atoms in total. The van der Waals surface area contributed by atoms with E-state index in [1.165, 1.54) is 17.0 Å². The summed E-state index contributed by atoms with van der Waals surface area (Å²) >= 11 is 0.